The molecule has 0 bridgehead atoms. The Morgan fingerprint density at radius 1 is 1.25 bits per heavy atom. The van der Waals surface area contributed by atoms with E-state index in [9.17, 15) is 4.79 Å². The second-order valence-electron chi connectivity index (χ2n) is 4.65. The highest BCUT2D eigenvalue weighted by Crippen LogP contribution is 2.21. The summed E-state index contributed by atoms with van der Waals surface area (Å²) in [6.07, 6.45) is 0. The summed E-state index contributed by atoms with van der Waals surface area (Å²) in [5, 5.41) is 11.9. The van der Waals surface area contributed by atoms with Gasteiger partial charge in [0, 0.05) is 5.69 Å². The van der Waals surface area contributed by atoms with Crippen LogP contribution in [0.25, 0.3) is 0 Å². The van der Waals surface area contributed by atoms with Crippen LogP contribution >= 0.6 is 0 Å². The molecule has 0 radical (unpaired) electrons. The Balaban J connectivity index is 2.33. The van der Waals surface area contributed by atoms with Gasteiger partial charge in [0.25, 0.3) is 5.91 Å². The molecule has 2 rings (SSSR count). The Labute approximate surface area is 117 Å². The molecule has 4 nitrogen and oxygen atoms in total. The number of carbonyl (C=O) groups is 1. The van der Waals surface area contributed by atoms with Gasteiger partial charge in [0.1, 0.15) is 6.07 Å². The third-order valence-electron chi connectivity index (χ3n) is 3.08. The minimum atomic E-state index is -0.315. The second-order valence-corrected chi connectivity index (χ2v) is 4.65. The lowest BCUT2D eigenvalue weighted by atomic mass is 10.1. The van der Waals surface area contributed by atoms with Gasteiger partial charge in [0.2, 0.25) is 0 Å². The summed E-state index contributed by atoms with van der Waals surface area (Å²) in [6.45, 7) is 3.74. The SMILES string of the molecule is Cc1ccc(C(=O)Nc2cccc(C)c2C#N)c(N)c1. The highest BCUT2D eigenvalue weighted by atomic mass is 16.1. The molecule has 2 aromatic carbocycles. The quantitative estimate of drug-likeness (QED) is 0.819. The van der Waals surface area contributed by atoms with Gasteiger partial charge in [0.15, 0.2) is 0 Å². The summed E-state index contributed by atoms with van der Waals surface area (Å²) >= 11 is 0. The number of aryl methyl sites for hydroxylation is 2. The molecule has 0 saturated heterocycles. The van der Waals surface area contributed by atoms with Crippen molar-refractivity contribution in [2.75, 3.05) is 11.1 Å². The van der Waals surface area contributed by atoms with Crippen molar-refractivity contribution >= 4 is 17.3 Å². The fraction of sp³-hybridized carbons (Fsp3) is 0.125. The van der Waals surface area contributed by atoms with E-state index in [1.54, 1.807) is 24.3 Å². The molecule has 20 heavy (non-hydrogen) atoms. The van der Waals surface area contributed by atoms with Crippen molar-refractivity contribution in [2.45, 2.75) is 13.8 Å². The van der Waals surface area contributed by atoms with Gasteiger partial charge < -0.3 is 11.1 Å². The van der Waals surface area contributed by atoms with E-state index in [-0.39, 0.29) is 5.91 Å². The minimum absolute atomic E-state index is 0.315. The van der Waals surface area contributed by atoms with E-state index in [1.165, 1.54) is 0 Å². The van der Waals surface area contributed by atoms with Gasteiger partial charge >= 0.3 is 0 Å². The predicted molar refractivity (Wildman–Crippen MR) is 79.4 cm³/mol. The van der Waals surface area contributed by atoms with Crippen LogP contribution in [0.2, 0.25) is 0 Å². The number of carbonyl (C=O) groups excluding carboxylic acids is 1. The Bertz CT molecular complexity index is 714. The molecule has 0 heterocycles. The van der Waals surface area contributed by atoms with Gasteiger partial charge in [-0.3, -0.25) is 4.79 Å². The fourth-order valence-electron chi connectivity index (χ4n) is 2.00. The maximum Gasteiger partial charge on any atom is 0.257 e. The number of nitriles is 1. The van der Waals surface area contributed by atoms with Gasteiger partial charge in [-0.2, -0.15) is 5.26 Å². The number of hydrogen-bond donors (Lipinski definition) is 2. The second kappa shape index (κ2) is 5.45. The molecule has 2 aromatic rings. The average Bonchev–Trinajstić information content (AvgIpc) is 2.38. The van der Waals surface area contributed by atoms with Crippen LogP contribution in [-0.4, -0.2) is 5.91 Å². The first-order valence-electron chi connectivity index (χ1n) is 6.20. The van der Waals surface area contributed by atoms with Crippen molar-refractivity contribution in [1.82, 2.24) is 0 Å². The van der Waals surface area contributed by atoms with Crippen LogP contribution in [0.4, 0.5) is 11.4 Å². The van der Waals surface area contributed by atoms with Crippen LogP contribution in [0.15, 0.2) is 36.4 Å². The van der Waals surface area contributed by atoms with E-state index in [0.717, 1.165) is 11.1 Å². The number of nitrogens with two attached hydrogens (primary N) is 1. The molecule has 0 aliphatic heterocycles. The standard InChI is InChI=1S/C16H15N3O/c1-10-6-7-12(14(18)8-10)16(20)19-15-5-3-4-11(2)13(15)9-17/h3-8H,18H2,1-2H3,(H,19,20). The summed E-state index contributed by atoms with van der Waals surface area (Å²) in [7, 11) is 0. The maximum absolute atomic E-state index is 12.2. The van der Waals surface area contributed by atoms with Crippen molar-refractivity contribution in [3.63, 3.8) is 0 Å². The molecule has 4 heteroatoms. The lowest BCUT2D eigenvalue weighted by molar-refractivity contribution is 0.102. The van der Waals surface area contributed by atoms with Crippen LogP contribution < -0.4 is 11.1 Å². The molecule has 0 aliphatic rings. The number of nitrogens with one attached hydrogen (secondary N) is 1. The Hall–Kier alpha value is -2.80. The molecule has 0 saturated carbocycles. The van der Waals surface area contributed by atoms with E-state index >= 15 is 0 Å². The van der Waals surface area contributed by atoms with Gasteiger partial charge in [0.05, 0.1) is 16.8 Å². The van der Waals surface area contributed by atoms with Crippen LogP contribution in [0.3, 0.4) is 0 Å². The number of nitrogens with zero attached hydrogens (tertiary/aromatic N) is 1. The normalized spacial score (nSPS) is 9.85. The summed E-state index contributed by atoms with van der Waals surface area (Å²) in [6, 6.07) is 12.7. The molecular weight excluding hydrogens is 250 g/mol. The largest absolute Gasteiger partial charge is 0.398 e. The van der Waals surface area contributed by atoms with Crippen LogP contribution in [-0.2, 0) is 0 Å². The topological polar surface area (TPSA) is 78.9 Å². The van der Waals surface area contributed by atoms with E-state index < -0.39 is 0 Å². The molecule has 0 spiro atoms. The number of hydrogen-bond acceptors (Lipinski definition) is 3. The molecule has 0 unspecified atom stereocenters. The molecule has 0 atom stereocenters. The van der Waals surface area contributed by atoms with Crippen LogP contribution in [0, 0.1) is 25.2 Å². The number of anilines is 2. The fourth-order valence-corrected chi connectivity index (χ4v) is 2.00. The van der Waals surface area contributed by atoms with Crippen molar-refractivity contribution in [1.29, 1.82) is 5.26 Å². The molecular formula is C16H15N3O. The Morgan fingerprint density at radius 3 is 2.65 bits per heavy atom. The van der Waals surface area contributed by atoms with Gasteiger partial charge in [-0.25, -0.2) is 0 Å². The van der Waals surface area contributed by atoms with Crippen molar-refractivity contribution in [3.05, 3.63) is 58.7 Å². The van der Waals surface area contributed by atoms with E-state index in [4.69, 9.17) is 11.0 Å². The van der Waals surface area contributed by atoms with Gasteiger partial charge in [-0.05, 0) is 43.2 Å². The summed E-state index contributed by atoms with van der Waals surface area (Å²) in [5.41, 5.74) is 9.46. The highest BCUT2D eigenvalue weighted by Gasteiger charge is 2.12. The van der Waals surface area contributed by atoms with Crippen molar-refractivity contribution in [2.24, 2.45) is 0 Å². The van der Waals surface area contributed by atoms with Gasteiger partial charge in [-0.15, -0.1) is 0 Å². The lowest BCUT2D eigenvalue weighted by Gasteiger charge is -2.10. The molecule has 1 amide bonds. The lowest BCUT2D eigenvalue weighted by Crippen LogP contribution is -2.15. The van der Waals surface area contributed by atoms with E-state index in [1.807, 2.05) is 26.0 Å². The molecule has 100 valence electrons. The smallest absolute Gasteiger partial charge is 0.257 e. The molecule has 3 N–H and O–H groups in total. The van der Waals surface area contributed by atoms with Crippen LogP contribution in [0.1, 0.15) is 27.0 Å². The van der Waals surface area contributed by atoms with E-state index in [2.05, 4.69) is 11.4 Å². The Kier molecular flexibility index (Phi) is 3.72. The monoisotopic (exact) mass is 265 g/mol. The average molecular weight is 265 g/mol. The third-order valence-corrected chi connectivity index (χ3v) is 3.08. The van der Waals surface area contributed by atoms with E-state index in [0.29, 0.717) is 22.5 Å². The zero-order valence-electron chi connectivity index (χ0n) is 11.4. The van der Waals surface area contributed by atoms with Gasteiger partial charge in [-0.1, -0.05) is 18.2 Å². The predicted octanol–water partition coefficient (Wildman–Crippen LogP) is 3.01. The summed E-state index contributed by atoms with van der Waals surface area (Å²) in [5.74, 6) is -0.315. The van der Waals surface area contributed by atoms with Crippen molar-refractivity contribution in [3.8, 4) is 6.07 Å². The molecule has 0 aliphatic carbocycles. The first-order chi connectivity index (χ1) is 9.52. The minimum Gasteiger partial charge on any atom is -0.398 e. The molecule has 0 aromatic heterocycles. The van der Waals surface area contributed by atoms with Crippen molar-refractivity contribution < 1.29 is 4.79 Å². The maximum atomic E-state index is 12.2. The summed E-state index contributed by atoms with van der Waals surface area (Å²) < 4.78 is 0. The first kappa shape index (κ1) is 13.6. The Morgan fingerprint density at radius 2 is 2.00 bits per heavy atom. The number of benzene rings is 2. The number of rotatable bonds is 2. The van der Waals surface area contributed by atoms with Crippen LogP contribution in [0.5, 0.6) is 0 Å². The third kappa shape index (κ3) is 2.62. The summed E-state index contributed by atoms with van der Waals surface area (Å²) in [4.78, 5) is 12.2. The number of nitrogen functional groups attached to an aromatic ring is 1. The molecule has 0 fully saturated rings. The zero-order valence-corrected chi connectivity index (χ0v) is 11.4. The first-order valence-corrected chi connectivity index (χ1v) is 6.20. The number of amides is 1. The zero-order chi connectivity index (χ0) is 14.7. The highest BCUT2D eigenvalue weighted by molar-refractivity contribution is 6.08.